The van der Waals surface area contributed by atoms with E-state index in [0.717, 1.165) is 5.56 Å². The van der Waals surface area contributed by atoms with Gasteiger partial charge in [-0.2, -0.15) is 0 Å². The lowest BCUT2D eigenvalue weighted by Gasteiger charge is -2.13. The zero-order valence-electron chi connectivity index (χ0n) is 11.0. The van der Waals surface area contributed by atoms with E-state index >= 15 is 0 Å². The minimum atomic E-state index is -0.349. The smallest absolute Gasteiger partial charge is 0.136 e. The average molecular weight is 278 g/mol. The van der Waals surface area contributed by atoms with E-state index in [1.165, 1.54) is 19.5 Å². The lowest BCUT2D eigenvalue weighted by atomic mass is 9.98. The highest BCUT2D eigenvalue weighted by Gasteiger charge is 2.15. The number of rotatable bonds is 3. The van der Waals surface area contributed by atoms with Gasteiger partial charge in [0.1, 0.15) is 16.2 Å². The summed E-state index contributed by atoms with van der Waals surface area (Å²) in [6, 6.07) is 4.76. The Morgan fingerprint density at radius 3 is 2.68 bits per heavy atom. The van der Waals surface area contributed by atoms with Crippen molar-refractivity contribution in [1.29, 1.82) is 0 Å². The maximum absolute atomic E-state index is 14.1. The number of methoxy groups -OCH3 is 1. The highest BCUT2D eigenvalue weighted by atomic mass is 32.1. The fraction of sp³-hybridized carbons (Fsp3) is 0.286. The van der Waals surface area contributed by atoms with Crippen molar-refractivity contribution < 1.29 is 9.13 Å². The van der Waals surface area contributed by atoms with Crippen molar-refractivity contribution in [2.45, 2.75) is 19.8 Å². The maximum Gasteiger partial charge on any atom is 0.136 e. The third-order valence-electron chi connectivity index (χ3n) is 2.91. The topological polar surface area (TPSA) is 37.9 Å². The summed E-state index contributed by atoms with van der Waals surface area (Å²) >= 11 is 5.23. The predicted octanol–water partition coefficient (Wildman–Crippen LogP) is 4.08. The number of nitrogens with zero attached hydrogens (tertiary/aromatic N) is 1. The molecule has 0 aliphatic rings. The number of aromatic nitrogens is 2. The number of aromatic amines is 1. The van der Waals surface area contributed by atoms with Gasteiger partial charge in [-0.3, -0.25) is 0 Å². The zero-order chi connectivity index (χ0) is 14.0. The summed E-state index contributed by atoms with van der Waals surface area (Å²) in [7, 11) is 1.51. The number of H-pyrrole nitrogens is 1. The van der Waals surface area contributed by atoms with Crippen molar-refractivity contribution in [1.82, 2.24) is 9.97 Å². The average Bonchev–Trinajstić information content (AvgIpc) is 2.37. The van der Waals surface area contributed by atoms with Crippen LogP contribution in [-0.2, 0) is 0 Å². The first-order valence-electron chi connectivity index (χ1n) is 5.96. The molecule has 2 aromatic rings. The van der Waals surface area contributed by atoms with E-state index in [9.17, 15) is 4.39 Å². The van der Waals surface area contributed by atoms with Gasteiger partial charge < -0.3 is 9.72 Å². The molecule has 1 heterocycles. The number of halogens is 1. The van der Waals surface area contributed by atoms with Gasteiger partial charge in [-0.25, -0.2) is 9.37 Å². The van der Waals surface area contributed by atoms with Crippen LogP contribution in [0, 0.1) is 10.5 Å². The molecule has 0 aliphatic heterocycles. The van der Waals surface area contributed by atoms with E-state index < -0.39 is 0 Å². The quantitative estimate of drug-likeness (QED) is 0.860. The highest BCUT2D eigenvalue weighted by molar-refractivity contribution is 7.71. The molecular weight excluding hydrogens is 263 g/mol. The van der Waals surface area contributed by atoms with E-state index in [-0.39, 0.29) is 11.7 Å². The molecule has 3 nitrogen and oxygen atoms in total. The van der Waals surface area contributed by atoms with Crippen molar-refractivity contribution in [3.05, 3.63) is 40.5 Å². The molecule has 0 amide bonds. The van der Waals surface area contributed by atoms with Crippen LogP contribution in [-0.4, -0.2) is 17.1 Å². The van der Waals surface area contributed by atoms with Crippen molar-refractivity contribution in [2.24, 2.45) is 0 Å². The molecule has 0 aliphatic carbocycles. The van der Waals surface area contributed by atoms with Gasteiger partial charge in [-0.15, -0.1) is 0 Å². The zero-order valence-corrected chi connectivity index (χ0v) is 11.8. The molecule has 0 saturated carbocycles. The number of hydrogen-bond donors (Lipinski definition) is 1. The van der Waals surface area contributed by atoms with Crippen LogP contribution in [0.1, 0.15) is 25.3 Å². The van der Waals surface area contributed by atoms with Gasteiger partial charge in [0.15, 0.2) is 0 Å². The lowest BCUT2D eigenvalue weighted by molar-refractivity contribution is 0.411. The van der Waals surface area contributed by atoms with Crippen molar-refractivity contribution >= 4 is 12.2 Å². The molecule has 0 bridgehead atoms. The second-order valence-electron chi connectivity index (χ2n) is 4.50. The molecule has 2 rings (SSSR count). The Hall–Kier alpha value is -1.75. The molecule has 0 atom stereocenters. The Kier molecular flexibility index (Phi) is 3.95. The third kappa shape index (κ3) is 2.66. The van der Waals surface area contributed by atoms with Crippen LogP contribution in [0.3, 0.4) is 0 Å². The standard InChI is InChI=1S/C14H15FN2OS/c1-8(2)12-13(16-7-17-14(12)19)10-5-4-9(18-3)6-11(10)15/h4-8H,1-3H3,(H,16,17,19). The van der Waals surface area contributed by atoms with Gasteiger partial charge in [0.2, 0.25) is 0 Å². The van der Waals surface area contributed by atoms with E-state index in [1.807, 2.05) is 13.8 Å². The summed E-state index contributed by atoms with van der Waals surface area (Å²) in [6.07, 6.45) is 1.49. The maximum atomic E-state index is 14.1. The van der Waals surface area contributed by atoms with Gasteiger partial charge in [0.05, 0.1) is 19.1 Å². The molecule has 0 saturated heterocycles. The summed E-state index contributed by atoms with van der Waals surface area (Å²) in [4.78, 5) is 7.06. The first-order valence-corrected chi connectivity index (χ1v) is 6.37. The summed E-state index contributed by atoms with van der Waals surface area (Å²) < 4.78 is 19.6. The van der Waals surface area contributed by atoms with Crippen molar-refractivity contribution in [2.75, 3.05) is 7.11 Å². The van der Waals surface area contributed by atoms with E-state index in [0.29, 0.717) is 21.6 Å². The molecule has 0 unspecified atom stereocenters. The molecule has 0 radical (unpaired) electrons. The molecular formula is C14H15FN2OS. The van der Waals surface area contributed by atoms with Crippen LogP contribution in [0.4, 0.5) is 4.39 Å². The number of ether oxygens (including phenoxy) is 1. The van der Waals surface area contributed by atoms with E-state index in [4.69, 9.17) is 17.0 Å². The molecule has 1 aromatic heterocycles. The Labute approximate surface area is 116 Å². The minimum Gasteiger partial charge on any atom is -0.497 e. The molecule has 5 heteroatoms. The molecule has 0 fully saturated rings. The van der Waals surface area contributed by atoms with Crippen LogP contribution in [0.25, 0.3) is 11.3 Å². The number of nitrogens with one attached hydrogen (secondary N) is 1. The van der Waals surface area contributed by atoms with Crippen LogP contribution in [0.2, 0.25) is 0 Å². The molecule has 19 heavy (non-hydrogen) atoms. The summed E-state index contributed by atoms with van der Waals surface area (Å²) in [6.45, 7) is 4.01. The third-order valence-corrected chi connectivity index (χ3v) is 3.24. The largest absolute Gasteiger partial charge is 0.497 e. The first-order chi connectivity index (χ1) is 9.04. The van der Waals surface area contributed by atoms with Crippen LogP contribution in [0.15, 0.2) is 24.5 Å². The van der Waals surface area contributed by atoms with E-state index in [1.54, 1.807) is 12.1 Å². The second kappa shape index (κ2) is 5.48. The normalized spacial score (nSPS) is 10.8. The van der Waals surface area contributed by atoms with Crippen LogP contribution < -0.4 is 4.74 Å². The fourth-order valence-electron chi connectivity index (χ4n) is 1.99. The summed E-state index contributed by atoms with van der Waals surface area (Å²) in [5.74, 6) is 0.298. The Morgan fingerprint density at radius 2 is 2.11 bits per heavy atom. The first kappa shape index (κ1) is 13.7. The fourth-order valence-corrected chi connectivity index (χ4v) is 2.38. The van der Waals surface area contributed by atoms with Crippen LogP contribution in [0.5, 0.6) is 5.75 Å². The lowest BCUT2D eigenvalue weighted by Crippen LogP contribution is -2.00. The molecule has 1 aromatic carbocycles. The SMILES string of the molecule is COc1ccc(-c2[nH]cnc(=S)c2C(C)C)c(F)c1. The second-order valence-corrected chi connectivity index (χ2v) is 4.88. The summed E-state index contributed by atoms with van der Waals surface area (Å²) in [5, 5.41) is 0. The summed E-state index contributed by atoms with van der Waals surface area (Å²) in [5.41, 5.74) is 2.00. The van der Waals surface area contributed by atoms with Crippen molar-refractivity contribution in [3.8, 4) is 17.0 Å². The van der Waals surface area contributed by atoms with Gasteiger partial charge in [-0.05, 0) is 18.1 Å². The molecule has 1 N–H and O–H groups in total. The molecule has 0 spiro atoms. The number of hydrogen-bond acceptors (Lipinski definition) is 3. The number of benzene rings is 1. The van der Waals surface area contributed by atoms with Gasteiger partial charge in [-0.1, -0.05) is 26.1 Å². The Bertz CT molecular complexity index is 652. The Morgan fingerprint density at radius 1 is 1.37 bits per heavy atom. The minimum absolute atomic E-state index is 0.161. The van der Waals surface area contributed by atoms with Crippen LogP contribution >= 0.6 is 12.2 Å². The van der Waals surface area contributed by atoms with Gasteiger partial charge in [0, 0.05) is 17.2 Å². The molecule has 100 valence electrons. The highest BCUT2D eigenvalue weighted by Crippen LogP contribution is 2.30. The van der Waals surface area contributed by atoms with E-state index in [2.05, 4.69) is 9.97 Å². The van der Waals surface area contributed by atoms with Gasteiger partial charge in [0.25, 0.3) is 0 Å². The van der Waals surface area contributed by atoms with Crippen molar-refractivity contribution in [3.63, 3.8) is 0 Å². The predicted molar refractivity (Wildman–Crippen MR) is 75.5 cm³/mol. The van der Waals surface area contributed by atoms with Gasteiger partial charge >= 0.3 is 0 Å². The Balaban J connectivity index is 2.66. The monoisotopic (exact) mass is 278 g/mol.